The number of ether oxygens (including phenoxy) is 1. The van der Waals surface area contributed by atoms with Gasteiger partial charge in [0.2, 0.25) is 0 Å². The zero-order valence-corrected chi connectivity index (χ0v) is 19.6. The molecule has 1 aliphatic rings. The summed E-state index contributed by atoms with van der Waals surface area (Å²) in [5.74, 6) is 1.20. The van der Waals surface area contributed by atoms with Gasteiger partial charge >= 0.3 is 0 Å². The van der Waals surface area contributed by atoms with Crippen molar-refractivity contribution in [3.63, 3.8) is 0 Å². The number of carbonyl (C=O) groups excluding carboxylic acids is 1. The molecule has 32 heavy (non-hydrogen) atoms. The fraction of sp³-hybridized carbons (Fsp3) is 0.385. The van der Waals surface area contributed by atoms with E-state index in [4.69, 9.17) is 4.74 Å². The summed E-state index contributed by atoms with van der Waals surface area (Å²) < 4.78 is 5.76. The van der Waals surface area contributed by atoms with Gasteiger partial charge in [-0.25, -0.2) is 0 Å². The van der Waals surface area contributed by atoms with Crippen LogP contribution in [0.1, 0.15) is 53.7 Å². The Kier molecular flexibility index (Phi) is 7.55. The molecule has 2 atom stereocenters. The third-order valence-corrected chi connectivity index (χ3v) is 6.62. The minimum absolute atomic E-state index is 0.0199. The van der Waals surface area contributed by atoms with E-state index in [9.17, 15) is 4.79 Å². The predicted octanol–water partition coefficient (Wildman–Crippen LogP) is 5.31. The highest BCUT2D eigenvalue weighted by Gasteiger charge is 2.30. The van der Waals surface area contributed by atoms with Crippen molar-refractivity contribution in [3.05, 3.63) is 82.3 Å². The van der Waals surface area contributed by atoms with E-state index in [2.05, 4.69) is 39.5 Å². The van der Waals surface area contributed by atoms with Crippen LogP contribution in [0.2, 0.25) is 0 Å². The highest BCUT2D eigenvalue weighted by molar-refractivity contribution is 7.12. The van der Waals surface area contributed by atoms with Crippen LogP contribution in [0.25, 0.3) is 0 Å². The first-order chi connectivity index (χ1) is 15.6. The van der Waals surface area contributed by atoms with Crippen molar-refractivity contribution in [1.29, 1.82) is 0 Å². The second kappa shape index (κ2) is 10.7. The largest absolute Gasteiger partial charge is 0.491 e. The first kappa shape index (κ1) is 22.5. The maximum atomic E-state index is 12.9. The van der Waals surface area contributed by atoms with E-state index in [0.29, 0.717) is 5.92 Å². The lowest BCUT2D eigenvalue weighted by Gasteiger charge is -2.37. The number of hydrogen-bond acceptors (Lipinski definition) is 5. The van der Waals surface area contributed by atoms with E-state index in [0.717, 1.165) is 48.8 Å². The molecule has 168 valence electrons. The van der Waals surface area contributed by atoms with E-state index in [1.807, 2.05) is 49.6 Å². The number of thiophene rings is 1. The normalized spacial score (nSPS) is 17.8. The molecule has 0 saturated carbocycles. The summed E-state index contributed by atoms with van der Waals surface area (Å²) >= 11 is 1.47. The summed E-state index contributed by atoms with van der Waals surface area (Å²) in [6.07, 6.45) is 4.17. The Morgan fingerprint density at radius 3 is 2.72 bits per heavy atom. The lowest BCUT2D eigenvalue weighted by atomic mass is 9.88. The Balaban J connectivity index is 1.45. The number of benzene rings is 1. The molecular weight excluding hydrogens is 418 g/mol. The molecule has 0 unspecified atom stereocenters. The Hall–Kier alpha value is -2.70. The molecule has 6 heteroatoms. The van der Waals surface area contributed by atoms with Gasteiger partial charge in [0.15, 0.2) is 0 Å². The van der Waals surface area contributed by atoms with Crippen molar-refractivity contribution in [2.45, 2.75) is 45.4 Å². The van der Waals surface area contributed by atoms with Gasteiger partial charge in [-0.15, -0.1) is 11.3 Å². The number of nitrogens with one attached hydrogen (secondary N) is 1. The summed E-state index contributed by atoms with van der Waals surface area (Å²) in [4.78, 5) is 20.7. The zero-order chi connectivity index (χ0) is 22.3. The van der Waals surface area contributed by atoms with Crippen molar-refractivity contribution in [3.8, 4) is 5.75 Å². The summed E-state index contributed by atoms with van der Waals surface area (Å²) in [5, 5.41) is 5.22. The van der Waals surface area contributed by atoms with E-state index < -0.39 is 0 Å². The lowest BCUT2D eigenvalue weighted by Crippen LogP contribution is -2.42. The first-order valence-corrected chi connectivity index (χ1v) is 12.2. The smallest absolute Gasteiger partial charge is 0.261 e. The van der Waals surface area contributed by atoms with Crippen molar-refractivity contribution < 1.29 is 9.53 Å². The highest BCUT2D eigenvalue weighted by Crippen LogP contribution is 2.30. The fourth-order valence-corrected chi connectivity index (χ4v) is 4.95. The Bertz CT molecular complexity index is 974. The average molecular weight is 450 g/mol. The molecule has 0 bridgehead atoms. The standard InChI is InChI=1S/C26H31N3O2S/c1-19(2)31-22-12-10-20(11-13-22)17-29-15-5-7-21(18-29)25(23-8-3-4-14-27-23)28-26(30)24-9-6-16-32-24/h3-4,6,8-14,16,19,21,25H,5,7,15,17-18H2,1-2H3,(H,28,30)/t21-,25-/m0/s1. The number of amides is 1. The van der Waals surface area contributed by atoms with Gasteiger partial charge in [0.1, 0.15) is 5.75 Å². The predicted molar refractivity (Wildman–Crippen MR) is 129 cm³/mol. The SMILES string of the molecule is CC(C)Oc1ccc(CN2CCC[C@H]([C@H](NC(=O)c3cccs3)c3ccccn3)C2)cc1. The number of carbonyl (C=O) groups is 1. The molecule has 3 aromatic rings. The average Bonchev–Trinajstić information content (AvgIpc) is 3.34. The molecule has 1 aliphatic heterocycles. The van der Waals surface area contributed by atoms with Gasteiger partial charge in [-0.3, -0.25) is 14.7 Å². The minimum Gasteiger partial charge on any atom is -0.491 e. The van der Waals surface area contributed by atoms with Gasteiger partial charge in [0.25, 0.3) is 5.91 Å². The number of likely N-dealkylation sites (tertiary alicyclic amines) is 1. The van der Waals surface area contributed by atoms with Gasteiger partial charge in [-0.05, 0) is 80.4 Å². The molecule has 1 amide bonds. The van der Waals surface area contributed by atoms with Gasteiger partial charge in [-0.2, -0.15) is 0 Å². The molecule has 1 N–H and O–H groups in total. The monoisotopic (exact) mass is 449 g/mol. The molecule has 1 saturated heterocycles. The minimum atomic E-state index is -0.101. The third-order valence-electron chi connectivity index (χ3n) is 5.75. The molecular formula is C26H31N3O2S. The number of hydrogen-bond donors (Lipinski definition) is 1. The van der Waals surface area contributed by atoms with E-state index in [1.165, 1.54) is 16.9 Å². The molecule has 0 aliphatic carbocycles. The van der Waals surface area contributed by atoms with Crippen molar-refractivity contribution in [2.75, 3.05) is 13.1 Å². The van der Waals surface area contributed by atoms with E-state index >= 15 is 0 Å². The number of pyridine rings is 1. The molecule has 3 heterocycles. The van der Waals surface area contributed by atoms with E-state index in [1.54, 1.807) is 6.20 Å². The topological polar surface area (TPSA) is 54.5 Å². The molecule has 0 radical (unpaired) electrons. The maximum Gasteiger partial charge on any atom is 0.261 e. The summed E-state index contributed by atoms with van der Waals surface area (Å²) in [6.45, 7) is 6.96. The Morgan fingerprint density at radius 1 is 1.19 bits per heavy atom. The number of piperidine rings is 1. The van der Waals surface area contributed by atoms with Crippen LogP contribution in [0.15, 0.2) is 66.2 Å². The van der Waals surface area contributed by atoms with Crippen LogP contribution in [-0.2, 0) is 6.54 Å². The third kappa shape index (κ3) is 5.96. The molecule has 5 nitrogen and oxygen atoms in total. The summed E-state index contributed by atoms with van der Waals surface area (Å²) in [6, 6.07) is 18.0. The molecule has 1 fully saturated rings. The van der Waals surface area contributed by atoms with Crippen molar-refractivity contribution in [1.82, 2.24) is 15.2 Å². The zero-order valence-electron chi connectivity index (χ0n) is 18.7. The van der Waals surface area contributed by atoms with Crippen molar-refractivity contribution in [2.24, 2.45) is 5.92 Å². The molecule has 1 aromatic carbocycles. The lowest BCUT2D eigenvalue weighted by molar-refractivity contribution is 0.0879. The first-order valence-electron chi connectivity index (χ1n) is 11.3. The Morgan fingerprint density at radius 2 is 2.03 bits per heavy atom. The van der Waals surface area contributed by atoms with Crippen LogP contribution in [0.4, 0.5) is 0 Å². The number of rotatable bonds is 8. The van der Waals surface area contributed by atoms with Crippen LogP contribution >= 0.6 is 11.3 Å². The fourth-order valence-electron chi connectivity index (χ4n) is 4.32. The van der Waals surface area contributed by atoms with Crippen LogP contribution in [0.5, 0.6) is 5.75 Å². The number of aromatic nitrogens is 1. The maximum absolute atomic E-state index is 12.9. The molecule has 4 rings (SSSR count). The van der Waals surface area contributed by atoms with Gasteiger partial charge in [0.05, 0.1) is 22.7 Å². The van der Waals surface area contributed by atoms with Gasteiger partial charge in [-0.1, -0.05) is 24.3 Å². The number of nitrogens with zero attached hydrogens (tertiary/aromatic N) is 2. The van der Waals surface area contributed by atoms with Gasteiger partial charge < -0.3 is 10.1 Å². The highest BCUT2D eigenvalue weighted by atomic mass is 32.1. The second-order valence-corrected chi connectivity index (χ2v) is 9.58. The Labute approximate surface area is 194 Å². The van der Waals surface area contributed by atoms with Crippen LogP contribution in [-0.4, -0.2) is 35.0 Å². The van der Waals surface area contributed by atoms with Crippen LogP contribution in [0.3, 0.4) is 0 Å². The second-order valence-electron chi connectivity index (χ2n) is 8.63. The summed E-state index contributed by atoms with van der Waals surface area (Å²) in [5.41, 5.74) is 2.21. The molecule has 2 aromatic heterocycles. The van der Waals surface area contributed by atoms with Crippen molar-refractivity contribution >= 4 is 17.2 Å². The molecule has 0 spiro atoms. The van der Waals surface area contributed by atoms with Crippen LogP contribution < -0.4 is 10.1 Å². The quantitative estimate of drug-likeness (QED) is 0.506. The summed E-state index contributed by atoms with van der Waals surface area (Å²) in [7, 11) is 0. The van der Waals surface area contributed by atoms with Gasteiger partial charge in [0, 0.05) is 19.3 Å². The van der Waals surface area contributed by atoms with Crippen LogP contribution in [0, 0.1) is 5.92 Å². The van der Waals surface area contributed by atoms with E-state index in [-0.39, 0.29) is 18.1 Å².